The Morgan fingerprint density at radius 3 is 2.85 bits per heavy atom. The summed E-state index contributed by atoms with van der Waals surface area (Å²) in [5.41, 5.74) is 3.61. The molecular weight excluding hydrogens is 161 g/mol. The molecule has 0 bridgehead atoms. The molecule has 0 aliphatic carbocycles. The number of oxime groups is 1. The van der Waals surface area contributed by atoms with Crippen LogP contribution in [0.25, 0.3) is 0 Å². The Kier molecular flexibility index (Phi) is 2.09. The van der Waals surface area contributed by atoms with E-state index in [9.17, 15) is 0 Å². The van der Waals surface area contributed by atoms with Crippen molar-refractivity contribution in [3.8, 4) is 0 Å². The van der Waals surface area contributed by atoms with Gasteiger partial charge in [0, 0.05) is 6.42 Å². The van der Waals surface area contributed by atoms with Gasteiger partial charge in [-0.25, -0.2) is 0 Å². The predicted octanol–water partition coefficient (Wildman–Crippen LogP) is 0.782. The Balaban J connectivity index is 2.23. The molecule has 1 aliphatic rings. The van der Waals surface area contributed by atoms with Crippen LogP contribution in [0.2, 0.25) is 0 Å². The quantitative estimate of drug-likeness (QED) is 0.575. The maximum atomic E-state index is 5.32. The monoisotopic (exact) mass is 173 g/mol. The fraction of sp³-hybridized carbons (Fsp3) is 0.300. The van der Waals surface area contributed by atoms with Crippen molar-refractivity contribution in [2.45, 2.75) is 19.4 Å². The first-order valence-electron chi connectivity index (χ1n) is 4.52. The molecule has 1 heterocycles. The van der Waals surface area contributed by atoms with Gasteiger partial charge in [0.05, 0.1) is 5.71 Å². The number of nitrogens with zero attached hydrogens (tertiary/aromatic N) is 1. The SMILES string of the molecule is Bc1ccccc1C1CC(C)=NO1. The molecule has 2 nitrogen and oxygen atoms in total. The van der Waals surface area contributed by atoms with Crippen molar-refractivity contribution in [2.24, 2.45) is 5.16 Å². The molecule has 3 heteroatoms. The maximum absolute atomic E-state index is 5.32. The van der Waals surface area contributed by atoms with Crippen LogP contribution in [0.1, 0.15) is 25.0 Å². The van der Waals surface area contributed by atoms with Crippen molar-refractivity contribution in [3.63, 3.8) is 0 Å². The van der Waals surface area contributed by atoms with E-state index in [1.54, 1.807) is 0 Å². The highest BCUT2D eigenvalue weighted by molar-refractivity contribution is 6.33. The zero-order valence-corrected chi connectivity index (χ0v) is 7.95. The first-order valence-corrected chi connectivity index (χ1v) is 4.52. The van der Waals surface area contributed by atoms with E-state index in [0.29, 0.717) is 0 Å². The number of hydrogen-bond acceptors (Lipinski definition) is 2. The minimum atomic E-state index is 0.140. The molecule has 1 aromatic carbocycles. The summed E-state index contributed by atoms with van der Waals surface area (Å²) in [6.07, 6.45) is 1.06. The van der Waals surface area contributed by atoms with Crippen molar-refractivity contribution in [2.75, 3.05) is 0 Å². The van der Waals surface area contributed by atoms with E-state index < -0.39 is 0 Å². The molecule has 0 radical (unpaired) electrons. The molecule has 66 valence electrons. The smallest absolute Gasteiger partial charge is 0.157 e. The average molecular weight is 173 g/mol. The van der Waals surface area contributed by atoms with E-state index in [2.05, 4.69) is 25.1 Å². The van der Waals surface area contributed by atoms with Crippen molar-refractivity contribution < 1.29 is 4.84 Å². The molecule has 1 atom stereocenters. The Labute approximate surface area is 79.0 Å². The lowest BCUT2D eigenvalue weighted by atomic mass is 9.87. The van der Waals surface area contributed by atoms with E-state index in [-0.39, 0.29) is 6.10 Å². The Morgan fingerprint density at radius 2 is 2.23 bits per heavy atom. The van der Waals surface area contributed by atoms with Crippen LogP contribution in [0.3, 0.4) is 0 Å². The molecule has 0 fully saturated rings. The van der Waals surface area contributed by atoms with Crippen molar-refractivity contribution in [1.29, 1.82) is 0 Å². The van der Waals surface area contributed by atoms with Gasteiger partial charge in [-0.3, -0.25) is 0 Å². The fourth-order valence-electron chi connectivity index (χ4n) is 1.61. The fourth-order valence-corrected chi connectivity index (χ4v) is 1.61. The highest BCUT2D eigenvalue weighted by Gasteiger charge is 2.20. The van der Waals surface area contributed by atoms with Gasteiger partial charge in [0.1, 0.15) is 7.85 Å². The third-order valence-corrected chi connectivity index (χ3v) is 2.35. The van der Waals surface area contributed by atoms with Crippen LogP contribution in [-0.4, -0.2) is 13.6 Å². The van der Waals surface area contributed by atoms with E-state index in [4.69, 9.17) is 4.84 Å². The van der Waals surface area contributed by atoms with Crippen LogP contribution in [0, 0.1) is 0 Å². The van der Waals surface area contributed by atoms with Crippen LogP contribution in [0.4, 0.5) is 0 Å². The van der Waals surface area contributed by atoms with E-state index in [0.717, 1.165) is 12.1 Å². The second-order valence-electron chi connectivity index (χ2n) is 3.48. The van der Waals surface area contributed by atoms with Gasteiger partial charge in [-0.05, 0) is 12.5 Å². The third kappa shape index (κ3) is 1.59. The van der Waals surface area contributed by atoms with Crippen LogP contribution >= 0.6 is 0 Å². The molecule has 0 amide bonds. The molecule has 0 N–H and O–H groups in total. The van der Waals surface area contributed by atoms with Gasteiger partial charge in [0.2, 0.25) is 0 Å². The molecule has 0 spiro atoms. The molecule has 0 saturated carbocycles. The number of hydrogen-bond donors (Lipinski definition) is 0. The second kappa shape index (κ2) is 3.25. The molecule has 1 aliphatic heterocycles. The zero-order chi connectivity index (χ0) is 9.26. The third-order valence-electron chi connectivity index (χ3n) is 2.35. The number of rotatable bonds is 1. The summed E-state index contributed by atoms with van der Waals surface area (Å²) in [5, 5.41) is 3.95. The van der Waals surface area contributed by atoms with Crippen LogP contribution in [0.15, 0.2) is 29.4 Å². The van der Waals surface area contributed by atoms with Gasteiger partial charge >= 0.3 is 0 Å². The molecule has 2 rings (SSSR count). The van der Waals surface area contributed by atoms with Crippen molar-refractivity contribution in [3.05, 3.63) is 29.8 Å². The molecule has 13 heavy (non-hydrogen) atoms. The lowest BCUT2D eigenvalue weighted by Crippen LogP contribution is -2.13. The summed E-state index contributed by atoms with van der Waals surface area (Å²) in [4.78, 5) is 5.32. The van der Waals surface area contributed by atoms with Gasteiger partial charge in [0.25, 0.3) is 0 Å². The standard InChI is InChI=1S/C10H12BNO/c1-7-6-10(13-12-7)8-4-2-3-5-9(8)11/h2-5,10H,6,11H2,1H3. The minimum absolute atomic E-state index is 0.140. The van der Waals surface area contributed by atoms with Crippen molar-refractivity contribution >= 4 is 19.0 Å². The molecular formula is C10H12BNO. The lowest BCUT2D eigenvalue weighted by Gasteiger charge is -2.10. The van der Waals surface area contributed by atoms with E-state index in [1.165, 1.54) is 11.0 Å². The van der Waals surface area contributed by atoms with Crippen LogP contribution < -0.4 is 5.46 Å². The lowest BCUT2D eigenvalue weighted by molar-refractivity contribution is 0.0864. The first-order chi connectivity index (χ1) is 6.27. The highest BCUT2D eigenvalue weighted by Crippen LogP contribution is 2.25. The summed E-state index contributed by atoms with van der Waals surface area (Å²) in [6, 6.07) is 8.29. The summed E-state index contributed by atoms with van der Waals surface area (Å²) < 4.78 is 0. The second-order valence-corrected chi connectivity index (χ2v) is 3.48. The molecule has 0 aromatic heterocycles. The van der Waals surface area contributed by atoms with Gasteiger partial charge < -0.3 is 4.84 Å². The van der Waals surface area contributed by atoms with E-state index >= 15 is 0 Å². The molecule has 1 aromatic rings. The first kappa shape index (κ1) is 8.36. The number of benzene rings is 1. The highest BCUT2D eigenvalue weighted by atomic mass is 16.6. The van der Waals surface area contributed by atoms with Gasteiger partial charge in [-0.2, -0.15) is 0 Å². The molecule has 1 unspecified atom stereocenters. The Morgan fingerprint density at radius 1 is 1.46 bits per heavy atom. The Hall–Kier alpha value is -1.25. The normalized spacial score (nSPS) is 21.0. The van der Waals surface area contributed by atoms with Crippen LogP contribution in [0.5, 0.6) is 0 Å². The zero-order valence-electron chi connectivity index (χ0n) is 7.95. The van der Waals surface area contributed by atoms with Crippen LogP contribution in [-0.2, 0) is 4.84 Å². The van der Waals surface area contributed by atoms with Gasteiger partial charge in [-0.15, -0.1) is 0 Å². The van der Waals surface area contributed by atoms with Crippen molar-refractivity contribution in [1.82, 2.24) is 0 Å². The molecule has 0 saturated heterocycles. The maximum Gasteiger partial charge on any atom is 0.157 e. The average Bonchev–Trinajstić information content (AvgIpc) is 2.53. The summed E-state index contributed by atoms with van der Waals surface area (Å²) in [7, 11) is 2.10. The minimum Gasteiger partial charge on any atom is -0.387 e. The summed E-state index contributed by atoms with van der Waals surface area (Å²) >= 11 is 0. The Bertz CT molecular complexity index is 349. The van der Waals surface area contributed by atoms with E-state index in [1.807, 2.05) is 19.1 Å². The summed E-state index contributed by atoms with van der Waals surface area (Å²) in [6.45, 7) is 2.00. The predicted molar refractivity (Wildman–Crippen MR) is 56.2 cm³/mol. The van der Waals surface area contributed by atoms with Gasteiger partial charge in [-0.1, -0.05) is 34.9 Å². The van der Waals surface area contributed by atoms with Gasteiger partial charge in [0.15, 0.2) is 6.10 Å². The largest absolute Gasteiger partial charge is 0.387 e. The summed E-state index contributed by atoms with van der Waals surface area (Å²) in [5.74, 6) is 0. The topological polar surface area (TPSA) is 21.6 Å².